The largest absolute Gasteiger partial charge is 0.344 e. The maximum Gasteiger partial charge on any atom is 0.123 e. The highest BCUT2D eigenvalue weighted by Gasteiger charge is 2.13. The average molecular weight is 293 g/mol. The van der Waals surface area contributed by atoms with Gasteiger partial charge in [0.2, 0.25) is 0 Å². The first-order chi connectivity index (χ1) is 9.49. The fourth-order valence-corrected chi connectivity index (χ4v) is 2.44. The molecule has 0 heterocycles. The third kappa shape index (κ3) is 3.30. The molecule has 20 heavy (non-hydrogen) atoms. The van der Waals surface area contributed by atoms with Crippen molar-refractivity contribution in [2.75, 3.05) is 11.9 Å². The number of hydrogen-bond acceptors (Lipinski definition) is 2. The van der Waals surface area contributed by atoms with Crippen LogP contribution >= 0.6 is 11.6 Å². The van der Waals surface area contributed by atoms with E-state index < -0.39 is 0 Å². The third-order valence-electron chi connectivity index (χ3n) is 3.20. The van der Waals surface area contributed by atoms with Crippen LogP contribution in [-0.4, -0.2) is 13.1 Å². The predicted octanol–water partition coefficient (Wildman–Crippen LogP) is 4.14. The van der Waals surface area contributed by atoms with Gasteiger partial charge in [-0.05, 0) is 55.3 Å². The third-order valence-corrected chi connectivity index (χ3v) is 3.55. The number of rotatable bonds is 4. The molecule has 0 aliphatic carbocycles. The quantitative estimate of drug-likeness (QED) is 0.918. The molecule has 106 valence electrons. The van der Waals surface area contributed by atoms with Crippen LogP contribution in [0.4, 0.5) is 15.8 Å². The van der Waals surface area contributed by atoms with Gasteiger partial charge in [0.05, 0.1) is 0 Å². The van der Waals surface area contributed by atoms with Crippen molar-refractivity contribution in [1.82, 2.24) is 0 Å². The van der Waals surface area contributed by atoms with Crippen LogP contribution in [0.1, 0.15) is 12.5 Å². The summed E-state index contributed by atoms with van der Waals surface area (Å²) in [7, 11) is 1.93. The highest BCUT2D eigenvalue weighted by Crippen LogP contribution is 2.32. The summed E-state index contributed by atoms with van der Waals surface area (Å²) in [6.07, 6.45) is 0.695. The molecule has 0 radical (unpaired) electrons. The van der Waals surface area contributed by atoms with Gasteiger partial charge in [-0.3, -0.25) is 0 Å². The fraction of sp³-hybridized carbons (Fsp3) is 0.250. The molecule has 0 aliphatic rings. The van der Waals surface area contributed by atoms with Crippen molar-refractivity contribution in [1.29, 1.82) is 0 Å². The molecule has 4 heteroatoms. The maximum absolute atomic E-state index is 13.0. The second kappa shape index (κ2) is 6.25. The Balaban J connectivity index is 2.41. The molecular formula is C16H18ClFN2. The van der Waals surface area contributed by atoms with Crippen LogP contribution in [0.5, 0.6) is 0 Å². The van der Waals surface area contributed by atoms with E-state index in [0.717, 1.165) is 16.9 Å². The zero-order valence-corrected chi connectivity index (χ0v) is 12.4. The molecule has 0 amide bonds. The molecular weight excluding hydrogens is 275 g/mol. The zero-order chi connectivity index (χ0) is 14.7. The van der Waals surface area contributed by atoms with Gasteiger partial charge in [-0.25, -0.2) is 4.39 Å². The summed E-state index contributed by atoms with van der Waals surface area (Å²) in [4.78, 5) is 1.99. The van der Waals surface area contributed by atoms with Gasteiger partial charge >= 0.3 is 0 Å². The molecule has 2 aromatic carbocycles. The van der Waals surface area contributed by atoms with Crippen LogP contribution in [0, 0.1) is 5.82 Å². The fourth-order valence-electron chi connectivity index (χ4n) is 2.19. The number of anilines is 2. The Morgan fingerprint density at radius 3 is 2.45 bits per heavy atom. The average Bonchev–Trinajstić information content (AvgIpc) is 2.41. The molecule has 2 nitrogen and oxygen atoms in total. The van der Waals surface area contributed by atoms with E-state index >= 15 is 0 Å². The number of nitrogens with zero attached hydrogens (tertiary/aromatic N) is 1. The Morgan fingerprint density at radius 2 is 1.85 bits per heavy atom. The van der Waals surface area contributed by atoms with Crippen LogP contribution in [0.3, 0.4) is 0 Å². The normalized spacial score (nSPS) is 12.2. The van der Waals surface area contributed by atoms with Crippen LogP contribution in [0.15, 0.2) is 42.5 Å². The molecule has 0 saturated heterocycles. The number of hydrogen-bond donors (Lipinski definition) is 1. The van der Waals surface area contributed by atoms with E-state index in [-0.39, 0.29) is 11.9 Å². The van der Waals surface area contributed by atoms with Gasteiger partial charge in [-0.1, -0.05) is 17.7 Å². The monoisotopic (exact) mass is 292 g/mol. The van der Waals surface area contributed by atoms with Gasteiger partial charge in [-0.15, -0.1) is 0 Å². The van der Waals surface area contributed by atoms with Crippen molar-refractivity contribution < 1.29 is 4.39 Å². The van der Waals surface area contributed by atoms with E-state index in [0.29, 0.717) is 11.4 Å². The topological polar surface area (TPSA) is 29.3 Å². The molecule has 1 unspecified atom stereocenters. The molecule has 0 bridgehead atoms. The molecule has 0 spiro atoms. The molecule has 2 N–H and O–H groups in total. The lowest BCUT2D eigenvalue weighted by Gasteiger charge is -2.24. The van der Waals surface area contributed by atoms with Gasteiger partial charge in [0.15, 0.2) is 0 Å². The Morgan fingerprint density at radius 1 is 1.20 bits per heavy atom. The van der Waals surface area contributed by atoms with Crippen molar-refractivity contribution in [3.8, 4) is 0 Å². The van der Waals surface area contributed by atoms with Crippen LogP contribution < -0.4 is 10.6 Å². The summed E-state index contributed by atoms with van der Waals surface area (Å²) in [5, 5.41) is 0.703. The minimum Gasteiger partial charge on any atom is -0.344 e. The van der Waals surface area contributed by atoms with E-state index in [2.05, 4.69) is 0 Å². The Kier molecular flexibility index (Phi) is 4.63. The van der Waals surface area contributed by atoms with Gasteiger partial charge in [0.1, 0.15) is 5.82 Å². The SMILES string of the molecule is CC(N)Cc1c(Cl)cccc1N(C)c1ccc(F)cc1. The van der Waals surface area contributed by atoms with Gasteiger partial charge in [-0.2, -0.15) is 0 Å². The zero-order valence-electron chi connectivity index (χ0n) is 11.6. The van der Waals surface area contributed by atoms with Crippen molar-refractivity contribution in [3.05, 3.63) is 58.9 Å². The number of nitrogens with two attached hydrogens (primary N) is 1. The molecule has 0 aliphatic heterocycles. The molecule has 2 rings (SSSR count). The minimum atomic E-state index is -0.246. The van der Waals surface area contributed by atoms with E-state index in [4.69, 9.17) is 17.3 Å². The summed E-state index contributed by atoms with van der Waals surface area (Å²) in [5.41, 5.74) is 8.79. The number of halogens is 2. The van der Waals surface area contributed by atoms with E-state index in [9.17, 15) is 4.39 Å². The van der Waals surface area contributed by atoms with Crippen molar-refractivity contribution in [3.63, 3.8) is 0 Å². The summed E-state index contributed by atoms with van der Waals surface area (Å²) in [6, 6.07) is 12.2. The highest BCUT2D eigenvalue weighted by atomic mass is 35.5. The molecule has 0 saturated carbocycles. The summed E-state index contributed by atoms with van der Waals surface area (Å²) in [6.45, 7) is 1.95. The number of benzene rings is 2. The van der Waals surface area contributed by atoms with Crippen molar-refractivity contribution >= 4 is 23.0 Å². The first-order valence-corrected chi connectivity index (χ1v) is 6.89. The van der Waals surface area contributed by atoms with E-state index in [1.165, 1.54) is 12.1 Å². The predicted molar refractivity (Wildman–Crippen MR) is 83.3 cm³/mol. The minimum absolute atomic E-state index is 0.0234. The van der Waals surface area contributed by atoms with E-state index in [1.807, 2.05) is 37.1 Å². The smallest absolute Gasteiger partial charge is 0.123 e. The van der Waals surface area contributed by atoms with Crippen LogP contribution in [0.2, 0.25) is 5.02 Å². The first-order valence-electron chi connectivity index (χ1n) is 6.51. The molecule has 0 fully saturated rings. The second-order valence-electron chi connectivity index (χ2n) is 4.95. The molecule has 2 aromatic rings. The summed E-state index contributed by atoms with van der Waals surface area (Å²) in [5.74, 6) is -0.246. The van der Waals surface area contributed by atoms with Gasteiger partial charge in [0, 0.05) is 29.5 Å². The first kappa shape index (κ1) is 14.8. The summed E-state index contributed by atoms with van der Waals surface area (Å²) >= 11 is 6.29. The van der Waals surface area contributed by atoms with Crippen LogP contribution in [-0.2, 0) is 6.42 Å². The Bertz CT molecular complexity index is 582. The van der Waals surface area contributed by atoms with E-state index in [1.54, 1.807) is 12.1 Å². The van der Waals surface area contributed by atoms with Crippen LogP contribution in [0.25, 0.3) is 0 Å². The lowest BCUT2D eigenvalue weighted by molar-refractivity contribution is 0.628. The summed E-state index contributed by atoms with van der Waals surface area (Å²) < 4.78 is 13.0. The lowest BCUT2D eigenvalue weighted by atomic mass is 10.0. The molecule has 1 atom stereocenters. The molecule has 0 aromatic heterocycles. The van der Waals surface area contributed by atoms with Gasteiger partial charge < -0.3 is 10.6 Å². The Labute approximate surface area is 124 Å². The Hall–Kier alpha value is -1.58. The lowest BCUT2D eigenvalue weighted by Crippen LogP contribution is -2.20. The standard InChI is InChI=1S/C16H18ClFN2/c1-11(19)10-14-15(17)4-3-5-16(14)20(2)13-8-6-12(18)7-9-13/h3-9,11H,10,19H2,1-2H3. The highest BCUT2D eigenvalue weighted by molar-refractivity contribution is 6.31. The van der Waals surface area contributed by atoms with Gasteiger partial charge in [0.25, 0.3) is 0 Å². The van der Waals surface area contributed by atoms with Crippen molar-refractivity contribution in [2.24, 2.45) is 5.73 Å². The second-order valence-corrected chi connectivity index (χ2v) is 5.36. The maximum atomic E-state index is 13.0. The van der Waals surface area contributed by atoms with Crippen molar-refractivity contribution in [2.45, 2.75) is 19.4 Å².